The van der Waals surface area contributed by atoms with Crippen LogP contribution in [0, 0.1) is 0 Å². The Bertz CT molecular complexity index is 69.5. The summed E-state index contributed by atoms with van der Waals surface area (Å²) < 4.78 is 0.528. The quantitative estimate of drug-likeness (QED) is 0.388. The van der Waals surface area contributed by atoms with Crippen molar-refractivity contribution in [2.24, 2.45) is 0 Å². The molecule has 0 amide bonds. The van der Waals surface area contributed by atoms with Crippen LogP contribution in [0.1, 0.15) is 12.8 Å². The van der Waals surface area contributed by atoms with Gasteiger partial charge in [-0.1, -0.05) is 15.9 Å². The van der Waals surface area contributed by atoms with Gasteiger partial charge >= 0.3 is 0 Å². The molecule has 0 saturated carbocycles. The number of alkyl halides is 1. The topological polar surface area (TPSA) is 0 Å². The number of quaternary nitrogens is 1. The van der Waals surface area contributed by atoms with Crippen LogP contribution in [0.25, 0.3) is 0 Å². The predicted octanol–water partition coefficient (Wildman–Crippen LogP) is 3.91. The van der Waals surface area contributed by atoms with E-state index in [2.05, 4.69) is 64.4 Å². The zero-order valence-corrected chi connectivity index (χ0v) is 11.1. The van der Waals surface area contributed by atoms with E-state index >= 15 is 0 Å². The molecule has 0 unspecified atom stereocenters. The molecule has 0 aliphatic rings. The van der Waals surface area contributed by atoms with Gasteiger partial charge in [0.15, 0.2) is 0 Å². The summed E-state index contributed by atoms with van der Waals surface area (Å²) in [7, 11) is 0. The molecule has 1 nitrogen and oxygen atoms in total. The maximum atomic E-state index is 3.36. The van der Waals surface area contributed by atoms with E-state index in [1.807, 2.05) is 0 Å². The molecule has 0 heterocycles. The van der Waals surface area contributed by atoms with E-state index in [4.69, 9.17) is 0 Å². The molecule has 0 fully saturated rings. The maximum absolute atomic E-state index is 3.36. The van der Waals surface area contributed by atoms with Gasteiger partial charge in [-0.2, -0.15) is 0 Å². The molecule has 0 saturated heterocycles. The number of hydrogen-bond acceptors (Lipinski definition) is 0. The van der Waals surface area contributed by atoms with E-state index in [0.29, 0.717) is 1.56 Å². The first-order valence-electron chi connectivity index (χ1n) is 2.59. The zero-order valence-electron chi connectivity index (χ0n) is 4.79. The molecule has 0 aliphatic heterocycles. The molecule has 0 aromatic rings. The number of unbranched alkanes of at least 4 members (excludes halogenated alkanes) is 1. The van der Waals surface area contributed by atoms with Crippen molar-refractivity contribution in [3.8, 4) is 0 Å². The third kappa shape index (κ3) is 9.88. The van der Waals surface area contributed by atoms with Gasteiger partial charge in [0, 0.05) is 5.33 Å². The van der Waals surface area contributed by atoms with Crippen LogP contribution in [-0.2, 0) is 0 Å². The van der Waals surface area contributed by atoms with E-state index in [1.165, 1.54) is 12.8 Å². The van der Waals surface area contributed by atoms with Gasteiger partial charge in [0.25, 0.3) is 48.4 Å². The molecule has 0 rings (SSSR count). The second-order valence-electron chi connectivity index (χ2n) is 1.67. The molecule has 0 atom stereocenters. The Morgan fingerprint density at radius 1 is 1.00 bits per heavy atom. The van der Waals surface area contributed by atoms with Crippen molar-refractivity contribution in [1.29, 1.82) is 0 Å². The summed E-state index contributed by atoms with van der Waals surface area (Å²) >= 11 is 13.5. The molecule has 56 valence electrons. The van der Waals surface area contributed by atoms with Crippen LogP contribution in [0.3, 0.4) is 0 Å². The highest BCUT2D eigenvalue weighted by Crippen LogP contribution is 2.29. The third-order valence-corrected chi connectivity index (χ3v) is 2.42. The van der Waals surface area contributed by atoms with Gasteiger partial charge in [-0.25, -0.2) is 0 Å². The Kier molecular flexibility index (Phi) is 6.67. The van der Waals surface area contributed by atoms with Gasteiger partial charge in [0.2, 0.25) is 0 Å². The lowest BCUT2D eigenvalue weighted by molar-refractivity contribution is -0.420. The number of rotatable bonds is 4. The smallest absolute Gasteiger partial charge is 0.123 e. The fraction of sp³-hybridized carbons (Fsp3) is 1.00. The summed E-state index contributed by atoms with van der Waals surface area (Å²) in [6, 6.07) is 0. The standard InChI is InChI=1S/C4H8Br4N/c5-3-1-2-4-9(6,7)8/h1-4H2/q+1. The predicted molar refractivity (Wildman–Crippen MR) is 54.9 cm³/mol. The van der Waals surface area contributed by atoms with E-state index in [9.17, 15) is 0 Å². The molecule has 0 aliphatic carbocycles. The first-order valence-corrected chi connectivity index (χ1v) is 5.84. The lowest BCUT2D eigenvalue weighted by Crippen LogP contribution is -2.12. The number of hydrogen-bond donors (Lipinski definition) is 0. The Hall–Kier alpha value is 1.88. The molecule has 5 heteroatoms. The highest BCUT2D eigenvalue weighted by atomic mass is 80.0. The minimum Gasteiger partial charge on any atom is -0.123 e. The van der Waals surface area contributed by atoms with Crippen molar-refractivity contribution in [3.63, 3.8) is 0 Å². The molecular weight excluding hydrogens is 382 g/mol. The van der Waals surface area contributed by atoms with E-state index in [1.54, 1.807) is 0 Å². The minimum absolute atomic E-state index is 0.528. The monoisotopic (exact) mass is 386 g/mol. The summed E-state index contributed by atoms with van der Waals surface area (Å²) in [6.07, 6.45) is 2.40. The van der Waals surface area contributed by atoms with Crippen LogP contribution in [-0.4, -0.2) is 13.4 Å². The molecule has 0 aromatic heterocycles. The average molecular weight is 390 g/mol. The number of nitrogens with zero attached hydrogens (tertiary/aromatic N) is 1. The van der Waals surface area contributed by atoms with Crippen LogP contribution >= 0.6 is 64.4 Å². The van der Waals surface area contributed by atoms with Crippen molar-refractivity contribution in [2.45, 2.75) is 12.8 Å². The van der Waals surface area contributed by atoms with Gasteiger partial charge < -0.3 is 0 Å². The first-order chi connectivity index (χ1) is 4.06. The van der Waals surface area contributed by atoms with Crippen molar-refractivity contribution < 1.29 is 1.56 Å². The summed E-state index contributed by atoms with van der Waals surface area (Å²) in [6.45, 7) is 1.03. The molecular formula is C4H8Br4N+. The van der Waals surface area contributed by atoms with E-state index in [-0.39, 0.29) is 0 Å². The summed E-state index contributed by atoms with van der Waals surface area (Å²) in [5.74, 6) is 0. The van der Waals surface area contributed by atoms with Gasteiger partial charge in [0.1, 0.15) is 6.54 Å². The largest absolute Gasteiger partial charge is 0.252 e. The lowest BCUT2D eigenvalue weighted by atomic mass is 10.3. The minimum atomic E-state index is 0.528. The van der Waals surface area contributed by atoms with Crippen LogP contribution in [0.4, 0.5) is 0 Å². The van der Waals surface area contributed by atoms with Crippen LogP contribution < -0.4 is 0 Å². The molecule has 0 aromatic carbocycles. The van der Waals surface area contributed by atoms with Crippen molar-refractivity contribution in [1.82, 2.24) is 0 Å². The molecule has 0 radical (unpaired) electrons. The zero-order chi connectivity index (χ0) is 7.33. The van der Waals surface area contributed by atoms with E-state index in [0.717, 1.165) is 11.9 Å². The second kappa shape index (κ2) is 5.52. The SMILES string of the molecule is BrCCCC[N+](Br)(Br)Br. The number of halogens is 4. The molecule has 9 heavy (non-hydrogen) atoms. The Labute approximate surface area is 89.9 Å². The Morgan fingerprint density at radius 2 is 1.56 bits per heavy atom. The van der Waals surface area contributed by atoms with Crippen LogP contribution in [0.2, 0.25) is 0 Å². The normalized spacial score (nSPS) is 12.0. The molecule has 0 spiro atoms. The molecule has 0 N–H and O–H groups in total. The van der Waals surface area contributed by atoms with Crippen molar-refractivity contribution >= 4 is 64.4 Å². The summed E-state index contributed by atoms with van der Waals surface area (Å²) in [5, 5.41) is 1.08. The van der Waals surface area contributed by atoms with Crippen molar-refractivity contribution in [2.75, 3.05) is 11.9 Å². The molecule has 0 bridgehead atoms. The highest BCUT2D eigenvalue weighted by Gasteiger charge is 2.16. The fourth-order valence-electron chi connectivity index (χ4n) is 0.386. The second-order valence-corrected chi connectivity index (χ2v) is 8.95. The summed E-state index contributed by atoms with van der Waals surface area (Å²) in [4.78, 5) is 0. The maximum Gasteiger partial charge on any atom is 0.252 e. The van der Waals surface area contributed by atoms with Crippen molar-refractivity contribution in [3.05, 3.63) is 0 Å². The van der Waals surface area contributed by atoms with Gasteiger partial charge in [-0.05, 0) is 12.8 Å². The summed E-state index contributed by atoms with van der Waals surface area (Å²) in [5.41, 5.74) is 0. The first kappa shape index (κ1) is 10.9. The van der Waals surface area contributed by atoms with Gasteiger partial charge in [0.05, 0.1) is 0 Å². The fourth-order valence-corrected chi connectivity index (χ4v) is 1.53. The Balaban J connectivity index is 3.07. The third-order valence-electron chi connectivity index (χ3n) is 0.795. The van der Waals surface area contributed by atoms with E-state index < -0.39 is 0 Å². The van der Waals surface area contributed by atoms with Gasteiger partial charge in [-0.3, -0.25) is 0 Å². The Morgan fingerprint density at radius 3 is 1.89 bits per heavy atom. The average Bonchev–Trinajstić information content (AvgIpc) is 1.63. The van der Waals surface area contributed by atoms with Crippen LogP contribution in [0.5, 0.6) is 0 Å². The lowest BCUT2D eigenvalue weighted by Gasteiger charge is -2.09. The van der Waals surface area contributed by atoms with Crippen LogP contribution in [0.15, 0.2) is 0 Å². The highest BCUT2D eigenvalue weighted by molar-refractivity contribution is 9.27. The van der Waals surface area contributed by atoms with Gasteiger partial charge in [-0.15, -0.1) is 1.56 Å².